The molecule has 10 nitrogen and oxygen atoms in total. The van der Waals surface area contributed by atoms with E-state index in [0.29, 0.717) is 34.8 Å². The van der Waals surface area contributed by atoms with Crippen molar-refractivity contribution in [2.45, 2.75) is 0 Å². The molecule has 0 unspecified atom stereocenters. The molecule has 0 saturated heterocycles. The SMILES string of the molecule is CN(C)CCNc1cc(F)cc(-c2cncc3[nH]c(-c4n[nH]c5cnc(-c6cnn(C)c6)cc45)nc23)c1. The summed E-state index contributed by atoms with van der Waals surface area (Å²) in [6, 6.07) is 6.87. The molecule has 0 aliphatic rings. The predicted octanol–water partition coefficient (Wildman–Crippen LogP) is 4.08. The van der Waals surface area contributed by atoms with Crippen LogP contribution < -0.4 is 5.32 Å². The van der Waals surface area contributed by atoms with Gasteiger partial charge in [0.05, 0.1) is 40.8 Å². The molecule has 0 aliphatic carbocycles. The molecule has 37 heavy (non-hydrogen) atoms. The Kier molecular flexibility index (Phi) is 5.61. The number of rotatable bonds is 7. The summed E-state index contributed by atoms with van der Waals surface area (Å²) in [4.78, 5) is 19.2. The summed E-state index contributed by atoms with van der Waals surface area (Å²) >= 11 is 0. The van der Waals surface area contributed by atoms with E-state index in [1.54, 1.807) is 29.5 Å². The van der Waals surface area contributed by atoms with Crippen LogP contribution in [0.5, 0.6) is 0 Å². The number of likely N-dealkylation sites (N-methyl/N-ethyl adjacent to an activating group) is 1. The van der Waals surface area contributed by atoms with E-state index in [1.165, 1.54) is 12.1 Å². The zero-order valence-electron chi connectivity index (χ0n) is 20.6. The van der Waals surface area contributed by atoms with Crippen LogP contribution in [0.15, 0.2) is 55.2 Å². The molecule has 11 heteroatoms. The summed E-state index contributed by atoms with van der Waals surface area (Å²) in [5.74, 6) is 0.255. The van der Waals surface area contributed by atoms with Crippen LogP contribution in [0.25, 0.3) is 55.8 Å². The second kappa shape index (κ2) is 9.10. The fraction of sp³-hybridized carbons (Fsp3) is 0.192. The standard InChI is InChI=1S/C26H25FN10/c1-36(2)5-4-29-18-7-15(6-17(27)8-18)20-11-28-12-23-24(20)33-26(32-23)25-19-9-21(16-10-31-37(3)14-16)30-13-22(19)34-35-25/h6-14,29H,4-5H2,1-3H3,(H,32,33)(H,34,35). The zero-order valence-corrected chi connectivity index (χ0v) is 20.6. The first-order chi connectivity index (χ1) is 17.9. The van der Waals surface area contributed by atoms with Gasteiger partial charge in [-0.3, -0.25) is 19.7 Å². The number of halogens is 1. The van der Waals surface area contributed by atoms with Crippen LogP contribution >= 0.6 is 0 Å². The van der Waals surface area contributed by atoms with E-state index in [4.69, 9.17) is 4.98 Å². The van der Waals surface area contributed by atoms with Crippen LogP contribution in [-0.4, -0.2) is 72.0 Å². The Morgan fingerprint density at radius 2 is 1.92 bits per heavy atom. The van der Waals surface area contributed by atoms with Crippen molar-refractivity contribution in [3.8, 4) is 33.9 Å². The number of H-pyrrole nitrogens is 2. The van der Waals surface area contributed by atoms with Crippen LogP contribution in [0, 0.1) is 5.82 Å². The van der Waals surface area contributed by atoms with E-state index < -0.39 is 0 Å². The third-order valence-electron chi connectivity index (χ3n) is 6.16. The van der Waals surface area contributed by atoms with E-state index in [0.717, 1.165) is 39.8 Å². The Morgan fingerprint density at radius 3 is 2.73 bits per heavy atom. The largest absolute Gasteiger partial charge is 0.384 e. The molecule has 0 atom stereocenters. The molecular formula is C26H25FN10. The van der Waals surface area contributed by atoms with Crippen molar-refractivity contribution in [1.82, 2.24) is 44.8 Å². The average molecular weight is 497 g/mol. The van der Waals surface area contributed by atoms with Crippen molar-refractivity contribution in [2.75, 3.05) is 32.5 Å². The highest BCUT2D eigenvalue weighted by Crippen LogP contribution is 2.33. The first kappa shape index (κ1) is 22.8. The summed E-state index contributed by atoms with van der Waals surface area (Å²) < 4.78 is 16.3. The van der Waals surface area contributed by atoms with E-state index in [9.17, 15) is 4.39 Å². The number of hydrogen-bond donors (Lipinski definition) is 3. The number of aromatic nitrogens is 8. The van der Waals surface area contributed by atoms with Crippen molar-refractivity contribution in [3.05, 3.63) is 61.1 Å². The molecule has 3 N–H and O–H groups in total. The van der Waals surface area contributed by atoms with Gasteiger partial charge in [-0.1, -0.05) is 0 Å². The van der Waals surface area contributed by atoms with Gasteiger partial charge in [-0.2, -0.15) is 10.2 Å². The third-order valence-corrected chi connectivity index (χ3v) is 6.16. The lowest BCUT2D eigenvalue weighted by molar-refractivity contribution is 0.425. The molecule has 0 aliphatic heterocycles. The number of anilines is 1. The molecular weight excluding hydrogens is 471 g/mol. The minimum absolute atomic E-state index is 0.327. The molecule has 0 amide bonds. The Labute approximate surface area is 211 Å². The lowest BCUT2D eigenvalue weighted by Gasteiger charge is -2.12. The van der Waals surface area contributed by atoms with Crippen LogP contribution in [-0.2, 0) is 7.05 Å². The quantitative estimate of drug-likeness (QED) is 0.305. The number of hydrogen-bond acceptors (Lipinski definition) is 7. The molecule has 186 valence electrons. The molecule has 6 aromatic rings. The highest BCUT2D eigenvalue weighted by atomic mass is 19.1. The smallest absolute Gasteiger partial charge is 0.159 e. The summed E-state index contributed by atoms with van der Waals surface area (Å²) in [5.41, 5.74) is 6.70. The lowest BCUT2D eigenvalue weighted by atomic mass is 10.1. The zero-order chi connectivity index (χ0) is 25.5. The predicted molar refractivity (Wildman–Crippen MR) is 141 cm³/mol. The number of nitrogens with one attached hydrogen (secondary N) is 3. The number of nitrogens with zero attached hydrogens (tertiary/aromatic N) is 7. The van der Waals surface area contributed by atoms with Crippen molar-refractivity contribution in [2.24, 2.45) is 7.05 Å². The van der Waals surface area contributed by atoms with Crippen molar-refractivity contribution in [1.29, 1.82) is 0 Å². The third kappa shape index (κ3) is 4.40. The highest BCUT2D eigenvalue weighted by Gasteiger charge is 2.17. The number of aryl methyl sites for hydroxylation is 1. The fourth-order valence-corrected chi connectivity index (χ4v) is 4.34. The van der Waals surface area contributed by atoms with E-state index in [2.05, 4.69) is 40.5 Å². The maximum absolute atomic E-state index is 14.6. The van der Waals surface area contributed by atoms with Gasteiger partial charge in [-0.05, 0) is 43.9 Å². The van der Waals surface area contributed by atoms with Gasteiger partial charge >= 0.3 is 0 Å². The van der Waals surface area contributed by atoms with Crippen molar-refractivity contribution in [3.63, 3.8) is 0 Å². The maximum atomic E-state index is 14.6. The minimum Gasteiger partial charge on any atom is -0.384 e. The van der Waals surface area contributed by atoms with Crippen LogP contribution in [0.2, 0.25) is 0 Å². The normalized spacial score (nSPS) is 11.7. The van der Waals surface area contributed by atoms with Gasteiger partial charge < -0.3 is 15.2 Å². The van der Waals surface area contributed by atoms with Gasteiger partial charge in [0, 0.05) is 54.7 Å². The molecule has 6 rings (SSSR count). The molecule has 0 bridgehead atoms. The highest BCUT2D eigenvalue weighted by molar-refractivity contribution is 5.97. The van der Waals surface area contributed by atoms with Gasteiger partial charge in [-0.15, -0.1) is 0 Å². The second-order valence-corrected chi connectivity index (χ2v) is 9.22. The number of pyridine rings is 2. The van der Waals surface area contributed by atoms with Gasteiger partial charge in [0.15, 0.2) is 5.82 Å². The van der Waals surface area contributed by atoms with Gasteiger partial charge in [-0.25, -0.2) is 9.37 Å². The first-order valence-corrected chi connectivity index (χ1v) is 11.8. The molecule has 0 radical (unpaired) electrons. The molecule has 0 spiro atoms. The van der Waals surface area contributed by atoms with Gasteiger partial charge in [0.25, 0.3) is 0 Å². The number of benzene rings is 1. The molecule has 0 fully saturated rings. The topological polar surface area (TPSA) is 116 Å². The van der Waals surface area contributed by atoms with Crippen LogP contribution in [0.4, 0.5) is 10.1 Å². The molecule has 5 heterocycles. The molecule has 1 aromatic carbocycles. The maximum Gasteiger partial charge on any atom is 0.159 e. The van der Waals surface area contributed by atoms with E-state index >= 15 is 0 Å². The number of aromatic amines is 2. The second-order valence-electron chi connectivity index (χ2n) is 9.22. The molecule has 5 aromatic heterocycles. The van der Waals surface area contributed by atoms with E-state index in [1.807, 2.05) is 39.5 Å². The Hall–Kier alpha value is -4.64. The van der Waals surface area contributed by atoms with Gasteiger partial charge in [0.1, 0.15) is 11.5 Å². The number of fused-ring (bicyclic) bond motifs is 2. The fourth-order valence-electron chi connectivity index (χ4n) is 4.34. The van der Waals surface area contributed by atoms with Crippen molar-refractivity contribution >= 4 is 27.6 Å². The minimum atomic E-state index is -0.327. The summed E-state index contributed by atoms with van der Waals surface area (Å²) in [6.07, 6.45) is 8.85. The number of imidazole rings is 1. The van der Waals surface area contributed by atoms with Crippen LogP contribution in [0.1, 0.15) is 0 Å². The monoisotopic (exact) mass is 496 g/mol. The Bertz CT molecular complexity index is 1730. The van der Waals surface area contributed by atoms with Crippen molar-refractivity contribution < 1.29 is 4.39 Å². The Balaban J connectivity index is 1.40. The molecule has 0 saturated carbocycles. The average Bonchev–Trinajstić information content (AvgIpc) is 3.60. The summed E-state index contributed by atoms with van der Waals surface area (Å²) in [7, 11) is 5.87. The van der Waals surface area contributed by atoms with Gasteiger partial charge in [0.2, 0.25) is 0 Å². The lowest BCUT2D eigenvalue weighted by Crippen LogP contribution is -2.20. The summed E-state index contributed by atoms with van der Waals surface area (Å²) in [6.45, 7) is 1.54. The Morgan fingerprint density at radius 1 is 1.03 bits per heavy atom. The first-order valence-electron chi connectivity index (χ1n) is 11.8. The van der Waals surface area contributed by atoms with Crippen LogP contribution in [0.3, 0.4) is 0 Å². The van der Waals surface area contributed by atoms with E-state index in [-0.39, 0.29) is 5.82 Å². The summed E-state index contributed by atoms with van der Waals surface area (Å²) in [5, 5.41) is 15.9.